The Balaban J connectivity index is 1.71. The first-order valence-corrected chi connectivity index (χ1v) is 11.3. The molecular formula is C21H31N5OS. The van der Waals surface area contributed by atoms with E-state index in [2.05, 4.69) is 42.8 Å². The van der Waals surface area contributed by atoms with Crippen molar-refractivity contribution < 1.29 is 4.79 Å². The molecule has 2 aromatic rings. The number of thiophene rings is 1. The molecule has 4 heterocycles. The van der Waals surface area contributed by atoms with Gasteiger partial charge in [-0.15, -0.1) is 11.3 Å². The first-order valence-electron chi connectivity index (χ1n) is 10.4. The Morgan fingerprint density at radius 2 is 1.89 bits per heavy atom. The van der Waals surface area contributed by atoms with Crippen molar-refractivity contribution in [2.45, 2.75) is 59.5 Å². The van der Waals surface area contributed by atoms with E-state index in [1.807, 2.05) is 0 Å². The van der Waals surface area contributed by atoms with Gasteiger partial charge in [0.15, 0.2) is 0 Å². The van der Waals surface area contributed by atoms with Gasteiger partial charge in [0.1, 0.15) is 16.5 Å². The number of rotatable bonds is 3. The molecule has 2 aliphatic heterocycles. The van der Waals surface area contributed by atoms with Gasteiger partial charge in [-0.05, 0) is 58.2 Å². The molecule has 6 nitrogen and oxygen atoms in total. The predicted octanol–water partition coefficient (Wildman–Crippen LogP) is 3.25. The zero-order valence-electron chi connectivity index (χ0n) is 17.4. The number of fused-ring (bicyclic) bond motifs is 1. The highest BCUT2D eigenvalue weighted by atomic mass is 32.1. The van der Waals surface area contributed by atoms with E-state index in [1.165, 1.54) is 28.7 Å². The summed E-state index contributed by atoms with van der Waals surface area (Å²) in [5.41, 5.74) is 1.27. The highest BCUT2D eigenvalue weighted by Crippen LogP contribution is 2.36. The zero-order chi connectivity index (χ0) is 19.8. The van der Waals surface area contributed by atoms with Crippen molar-refractivity contribution in [2.24, 2.45) is 5.92 Å². The van der Waals surface area contributed by atoms with Crippen LogP contribution in [0.15, 0.2) is 0 Å². The maximum atomic E-state index is 12.0. The number of amides is 1. The lowest BCUT2D eigenvalue weighted by atomic mass is 9.99. The first-order chi connectivity index (χ1) is 13.4. The van der Waals surface area contributed by atoms with E-state index in [1.54, 1.807) is 11.3 Å². The van der Waals surface area contributed by atoms with E-state index in [9.17, 15) is 4.79 Å². The molecule has 0 aromatic carbocycles. The van der Waals surface area contributed by atoms with Crippen LogP contribution in [0.3, 0.4) is 0 Å². The van der Waals surface area contributed by atoms with E-state index >= 15 is 0 Å². The Bertz CT molecular complexity index is 871. The number of carbonyl (C=O) groups excluding carboxylic acids is 1. The van der Waals surface area contributed by atoms with Crippen LogP contribution in [0.4, 0.5) is 5.82 Å². The normalized spacial score (nSPS) is 22.5. The molecule has 0 bridgehead atoms. The van der Waals surface area contributed by atoms with Crippen LogP contribution in [0.25, 0.3) is 10.2 Å². The van der Waals surface area contributed by atoms with Crippen LogP contribution in [-0.2, 0) is 11.3 Å². The number of aryl methyl sites for hydroxylation is 2. The van der Waals surface area contributed by atoms with E-state index in [0.717, 1.165) is 48.6 Å². The molecule has 0 radical (unpaired) electrons. The van der Waals surface area contributed by atoms with Crippen LogP contribution in [0.1, 0.15) is 49.4 Å². The van der Waals surface area contributed by atoms with E-state index < -0.39 is 0 Å². The molecule has 1 amide bonds. The molecule has 4 rings (SSSR count). The molecule has 152 valence electrons. The Labute approximate surface area is 171 Å². The second kappa shape index (κ2) is 7.95. The molecule has 0 saturated carbocycles. The summed E-state index contributed by atoms with van der Waals surface area (Å²) in [6.07, 6.45) is 3.01. The van der Waals surface area contributed by atoms with Gasteiger partial charge < -0.3 is 10.2 Å². The van der Waals surface area contributed by atoms with Gasteiger partial charge in [0, 0.05) is 30.4 Å². The monoisotopic (exact) mass is 401 g/mol. The molecule has 2 fully saturated rings. The maximum absolute atomic E-state index is 12.0. The van der Waals surface area contributed by atoms with Gasteiger partial charge in [0.05, 0.1) is 11.9 Å². The lowest BCUT2D eigenvalue weighted by Gasteiger charge is -2.31. The van der Waals surface area contributed by atoms with Crippen LogP contribution < -0.4 is 10.2 Å². The van der Waals surface area contributed by atoms with E-state index in [-0.39, 0.29) is 11.9 Å². The SMILES string of the molecule is Cc1sc2nc(CN3CCC(C)CC3)nc(N3CCNC(=O)C[C@@H]3C)c2c1C. The lowest BCUT2D eigenvalue weighted by Crippen LogP contribution is -2.36. The third-order valence-electron chi connectivity index (χ3n) is 6.26. The maximum Gasteiger partial charge on any atom is 0.222 e. The molecule has 0 unspecified atom stereocenters. The standard InChI is InChI=1S/C21H31N5OS/c1-13-5-8-25(9-6-13)12-17-23-20(19-15(3)16(4)28-21(19)24-17)26-10-7-22-18(27)11-14(26)2/h13-14H,5-12H2,1-4H3,(H,22,27)/t14-/m0/s1. The summed E-state index contributed by atoms with van der Waals surface area (Å²) in [7, 11) is 0. The summed E-state index contributed by atoms with van der Waals surface area (Å²) < 4.78 is 0. The molecule has 2 aliphatic rings. The van der Waals surface area contributed by atoms with Gasteiger partial charge in [-0.2, -0.15) is 0 Å². The fourth-order valence-electron chi connectivity index (χ4n) is 4.27. The highest BCUT2D eigenvalue weighted by Gasteiger charge is 2.27. The Kier molecular flexibility index (Phi) is 5.56. The highest BCUT2D eigenvalue weighted by molar-refractivity contribution is 7.18. The second-order valence-electron chi connectivity index (χ2n) is 8.48. The van der Waals surface area contributed by atoms with Crippen LogP contribution in [0.5, 0.6) is 0 Å². The number of anilines is 1. The summed E-state index contributed by atoms with van der Waals surface area (Å²) >= 11 is 1.76. The largest absolute Gasteiger partial charge is 0.354 e. The number of nitrogens with one attached hydrogen (secondary N) is 1. The van der Waals surface area contributed by atoms with Crippen LogP contribution >= 0.6 is 11.3 Å². The summed E-state index contributed by atoms with van der Waals surface area (Å²) in [4.78, 5) is 29.2. The van der Waals surface area contributed by atoms with E-state index in [0.29, 0.717) is 13.0 Å². The van der Waals surface area contributed by atoms with Crippen LogP contribution in [0, 0.1) is 19.8 Å². The summed E-state index contributed by atoms with van der Waals surface area (Å²) in [6.45, 7) is 13.3. The number of hydrogen-bond acceptors (Lipinski definition) is 6. The molecule has 2 saturated heterocycles. The summed E-state index contributed by atoms with van der Waals surface area (Å²) in [5, 5.41) is 4.16. The van der Waals surface area contributed by atoms with Crippen molar-refractivity contribution in [3.05, 3.63) is 16.3 Å². The third-order valence-corrected chi connectivity index (χ3v) is 7.36. The molecular weight excluding hydrogens is 370 g/mol. The number of aromatic nitrogens is 2. The average Bonchev–Trinajstić information content (AvgIpc) is 2.82. The van der Waals surface area contributed by atoms with Gasteiger partial charge in [0.25, 0.3) is 0 Å². The van der Waals surface area contributed by atoms with Gasteiger partial charge in [-0.3, -0.25) is 9.69 Å². The van der Waals surface area contributed by atoms with Gasteiger partial charge in [0.2, 0.25) is 5.91 Å². The van der Waals surface area contributed by atoms with Crippen LogP contribution in [0.2, 0.25) is 0 Å². The van der Waals surface area contributed by atoms with E-state index in [4.69, 9.17) is 9.97 Å². The number of hydrogen-bond donors (Lipinski definition) is 1. The van der Waals surface area contributed by atoms with Crippen molar-refractivity contribution in [2.75, 3.05) is 31.1 Å². The molecule has 0 aliphatic carbocycles. The first kappa shape index (κ1) is 19.6. The van der Waals surface area contributed by atoms with Crippen molar-refractivity contribution in [3.63, 3.8) is 0 Å². The average molecular weight is 402 g/mol. The molecule has 1 N–H and O–H groups in total. The molecule has 7 heteroatoms. The fourth-order valence-corrected chi connectivity index (χ4v) is 5.31. The van der Waals surface area contributed by atoms with Gasteiger partial charge >= 0.3 is 0 Å². The molecule has 1 atom stereocenters. The van der Waals surface area contributed by atoms with Gasteiger partial charge in [-0.25, -0.2) is 9.97 Å². The lowest BCUT2D eigenvalue weighted by molar-refractivity contribution is -0.120. The number of carbonyl (C=O) groups is 1. The smallest absolute Gasteiger partial charge is 0.222 e. The summed E-state index contributed by atoms with van der Waals surface area (Å²) in [5.74, 6) is 2.87. The Morgan fingerprint density at radius 1 is 1.14 bits per heavy atom. The zero-order valence-corrected chi connectivity index (χ0v) is 18.2. The van der Waals surface area contributed by atoms with Crippen LogP contribution in [-0.4, -0.2) is 53.0 Å². The van der Waals surface area contributed by atoms with Gasteiger partial charge in [-0.1, -0.05) is 6.92 Å². The number of nitrogens with zero attached hydrogens (tertiary/aromatic N) is 4. The van der Waals surface area contributed by atoms with Crippen molar-refractivity contribution >= 4 is 33.3 Å². The number of likely N-dealkylation sites (tertiary alicyclic amines) is 1. The quantitative estimate of drug-likeness (QED) is 0.855. The minimum Gasteiger partial charge on any atom is -0.354 e. The second-order valence-corrected chi connectivity index (χ2v) is 9.69. The topological polar surface area (TPSA) is 61.4 Å². The summed E-state index contributed by atoms with van der Waals surface area (Å²) in [6, 6.07) is 0.129. The van der Waals surface area contributed by atoms with Crippen molar-refractivity contribution in [1.29, 1.82) is 0 Å². The number of piperidine rings is 1. The minimum atomic E-state index is 0.126. The molecule has 28 heavy (non-hydrogen) atoms. The molecule has 2 aromatic heterocycles. The third kappa shape index (κ3) is 3.87. The van der Waals surface area contributed by atoms with Crippen molar-refractivity contribution in [3.8, 4) is 0 Å². The Hall–Kier alpha value is -1.73. The Morgan fingerprint density at radius 3 is 2.64 bits per heavy atom. The predicted molar refractivity (Wildman–Crippen MR) is 115 cm³/mol. The minimum absolute atomic E-state index is 0.126. The molecule has 0 spiro atoms. The fraction of sp³-hybridized carbons (Fsp3) is 0.667. The van der Waals surface area contributed by atoms with Crippen molar-refractivity contribution in [1.82, 2.24) is 20.2 Å².